The molecule has 0 aromatic heterocycles. The fourth-order valence-corrected chi connectivity index (χ4v) is 1.18. The zero-order chi connectivity index (χ0) is 8.81. The second-order valence-electron chi connectivity index (χ2n) is 2.76. The Labute approximate surface area is 71.8 Å². The molecular formula is C9H13NO2. The van der Waals surface area contributed by atoms with Gasteiger partial charge in [0.15, 0.2) is 0 Å². The summed E-state index contributed by atoms with van der Waals surface area (Å²) in [5.74, 6) is 0. The Kier molecular flexibility index (Phi) is 3.38. The fraction of sp³-hybridized carbons (Fsp3) is 0.444. The number of nitrogens with one attached hydrogen (secondary N) is 1. The molecule has 3 heteroatoms. The van der Waals surface area contributed by atoms with Gasteiger partial charge in [-0.05, 0) is 19.3 Å². The van der Waals surface area contributed by atoms with E-state index in [1.807, 2.05) is 0 Å². The number of amides is 1. The summed E-state index contributed by atoms with van der Waals surface area (Å²) in [7, 11) is 0. The maximum Gasteiger partial charge on any atom is 0.404 e. The minimum Gasteiger partial charge on any atom is -0.465 e. The van der Waals surface area contributed by atoms with Crippen LogP contribution < -0.4 is 5.32 Å². The lowest BCUT2D eigenvalue weighted by atomic mass is 10.0. The molecule has 0 aliphatic heterocycles. The minimum atomic E-state index is -0.943. The van der Waals surface area contributed by atoms with Crippen LogP contribution in [0.1, 0.15) is 19.3 Å². The van der Waals surface area contributed by atoms with E-state index in [2.05, 4.69) is 23.5 Å². The number of allylic oxidation sites excluding steroid dienone is 3. The van der Waals surface area contributed by atoms with Crippen molar-refractivity contribution < 1.29 is 9.90 Å². The van der Waals surface area contributed by atoms with Gasteiger partial charge in [0.25, 0.3) is 0 Å². The van der Waals surface area contributed by atoms with E-state index in [4.69, 9.17) is 5.11 Å². The molecule has 0 heterocycles. The first-order valence-electron chi connectivity index (χ1n) is 4.09. The van der Waals surface area contributed by atoms with Gasteiger partial charge in [0.1, 0.15) is 0 Å². The van der Waals surface area contributed by atoms with Crippen LogP contribution in [0.25, 0.3) is 0 Å². The fourth-order valence-electron chi connectivity index (χ4n) is 1.18. The van der Waals surface area contributed by atoms with E-state index in [1.165, 1.54) is 5.57 Å². The highest BCUT2D eigenvalue weighted by Gasteiger charge is 1.99. The van der Waals surface area contributed by atoms with Gasteiger partial charge < -0.3 is 10.4 Å². The summed E-state index contributed by atoms with van der Waals surface area (Å²) in [6.45, 7) is 0.523. The van der Waals surface area contributed by atoms with E-state index in [9.17, 15) is 4.79 Å². The van der Waals surface area contributed by atoms with Crippen LogP contribution in [0.3, 0.4) is 0 Å². The lowest BCUT2D eigenvalue weighted by Crippen LogP contribution is -2.22. The maximum absolute atomic E-state index is 10.1. The Morgan fingerprint density at radius 2 is 2.42 bits per heavy atom. The maximum atomic E-state index is 10.1. The Morgan fingerprint density at radius 3 is 3.00 bits per heavy atom. The van der Waals surface area contributed by atoms with Crippen LogP contribution in [-0.2, 0) is 0 Å². The van der Waals surface area contributed by atoms with Crippen molar-refractivity contribution in [1.82, 2.24) is 5.32 Å². The van der Waals surface area contributed by atoms with Crippen LogP contribution in [0, 0.1) is 0 Å². The molecule has 0 unspecified atom stereocenters. The van der Waals surface area contributed by atoms with Crippen LogP contribution >= 0.6 is 0 Å². The molecule has 1 amide bonds. The van der Waals surface area contributed by atoms with Gasteiger partial charge in [0, 0.05) is 6.54 Å². The monoisotopic (exact) mass is 167 g/mol. The highest BCUT2D eigenvalue weighted by molar-refractivity contribution is 5.64. The molecule has 0 saturated carbocycles. The quantitative estimate of drug-likeness (QED) is 0.631. The van der Waals surface area contributed by atoms with Crippen molar-refractivity contribution in [3.63, 3.8) is 0 Å². The summed E-state index contributed by atoms with van der Waals surface area (Å²) in [6, 6.07) is 0. The van der Waals surface area contributed by atoms with Gasteiger partial charge >= 0.3 is 6.09 Å². The molecule has 0 atom stereocenters. The summed E-state index contributed by atoms with van der Waals surface area (Å²) in [4.78, 5) is 10.1. The summed E-state index contributed by atoms with van der Waals surface area (Å²) in [5.41, 5.74) is 1.33. The molecule has 1 rings (SSSR count). The van der Waals surface area contributed by atoms with Gasteiger partial charge in [0.2, 0.25) is 0 Å². The van der Waals surface area contributed by atoms with Crippen molar-refractivity contribution in [3.8, 4) is 0 Å². The second kappa shape index (κ2) is 4.59. The second-order valence-corrected chi connectivity index (χ2v) is 2.76. The van der Waals surface area contributed by atoms with Gasteiger partial charge in [-0.1, -0.05) is 23.8 Å². The molecule has 0 saturated heterocycles. The normalized spacial score (nSPS) is 15.5. The largest absolute Gasteiger partial charge is 0.465 e. The van der Waals surface area contributed by atoms with E-state index in [0.29, 0.717) is 6.54 Å². The van der Waals surface area contributed by atoms with Crippen LogP contribution in [0.15, 0.2) is 23.8 Å². The molecule has 0 radical (unpaired) electrons. The van der Waals surface area contributed by atoms with Gasteiger partial charge in [-0.25, -0.2) is 4.79 Å². The van der Waals surface area contributed by atoms with E-state index in [1.54, 1.807) is 0 Å². The zero-order valence-electron chi connectivity index (χ0n) is 6.92. The first-order valence-corrected chi connectivity index (χ1v) is 4.09. The number of hydrogen-bond acceptors (Lipinski definition) is 1. The smallest absolute Gasteiger partial charge is 0.404 e. The molecule has 0 spiro atoms. The number of carbonyl (C=O) groups is 1. The van der Waals surface area contributed by atoms with Gasteiger partial charge in [-0.15, -0.1) is 0 Å². The Bertz CT molecular complexity index is 219. The van der Waals surface area contributed by atoms with Crippen LogP contribution in [-0.4, -0.2) is 17.7 Å². The molecule has 1 aliphatic rings. The number of carboxylic acid groups (broad SMARTS) is 1. The molecule has 1 aliphatic carbocycles. The van der Waals surface area contributed by atoms with E-state index >= 15 is 0 Å². The predicted octanol–water partition coefficient (Wildman–Crippen LogP) is 1.92. The van der Waals surface area contributed by atoms with Gasteiger partial charge in [-0.2, -0.15) is 0 Å². The molecular weight excluding hydrogens is 154 g/mol. The number of rotatable bonds is 3. The van der Waals surface area contributed by atoms with E-state index in [0.717, 1.165) is 19.3 Å². The third-order valence-electron chi connectivity index (χ3n) is 1.81. The standard InChI is InChI=1S/C9H13NO2/c11-9(12)10-7-6-8-4-2-1-3-5-8/h1-2,5,10H,3-4,6-7H2,(H,11,12). The highest BCUT2D eigenvalue weighted by Crippen LogP contribution is 2.13. The first kappa shape index (κ1) is 8.84. The molecule has 66 valence electrons. The van der Waals surface area contributed by atoms with E-state index < -0.39 is 6.09 Å². The summed E-state index contributed by atoms with van der Waals surface area (Å²) < 4.78 is 0. The average Bonchev–Trinajstić information content (AvgIpc) is 2.05. The molecule has 0 bridgehead atoms. The molecule has 2 N–H and O–H groups in total. The molecule has 3 nitrogen and oxygen atoms in total. The average molecular weight is 167 g/mol. The van der Waals surface area contributed by atoms with Crippen LogP contribution in [0.5, 0.6) is 0 Å². The summed E-state index contributed by atoms with van der Waals surface area (Å²) >= 11 is 0. The van der Waals surface area contributed by atoms with Crippen LogP contribution in [0.2, 0.25) is 0 Å². The molecule has 12 heavy (non-hydrogen) atoms. The lowest BCUT2D eigenvalue weighted by Gasteiger charge is -2.07. The minimum absolute atomic E-state index is 0.523. The third-order valence-corrected chi connectivity index (χ3v) is 1.81. The summed E-state index contributed by atoms with van der Waals surface area (Å²) in [5, 5.41) is 10.6. The third kappa shape index (κ3) is 3.23. The van der Waals surface area contributed by atoms with Crippen molar-refractivity contribution in [2.45, 2.75) is 19.3 Å². The predicted molar refractivity (Wildman–Crippen MR) is 47.1 cm³/mol. The van der Waals surface area contributed by atoms with Crippen molar-refractivity contribution >= 4 is 6.09 Å². The van der Waals surface area contributed by atoms with Crippen molar-refractivity contribution in [3.05, 3.63) is 23.8 Å². The Hall–Kier alpha value is -1.25. The van der Waals surface area contributed by atoms with Crippen molar-refractivity contribution in [2.24, 2.45) is 0 Å². The number of hydrogen-bond donors (Lipinski definition) is 2. The van der Waals surface area contributed by atoms with E-state index in [-0.39, 0.29) is 0 Å². The lowest BCUT2D eigenvalue weighted by molar-refractivity contribution is 0.194. The van der Waals surface area contributed by atoms with Crippen molar-refractivity contribution in [2.75, 3.05) is 6.54 Å². The van der Waals surface area contributed by atoms with Crippen molar-refractivity contribution in [1.29, 1.82) is 0 Å². The Balaban J connectivity index is 2.14. The van der Waals surface area contributed by atoms with Crippen LogP contribution in [0.4, 0.5) is 4.79 Å². The summed E-state index contributed by atoms with van der Waals surface area (Å²) in [6.07, 6.45) is 8.25. The molecule has 0 fully saturated rings. The molecule has 0 aromatic rings. The first-order chi connectivity index (χ1) is 5.79. The highest BCUT2D eigenvalue weighted by atomic mass is 16.4. The Morgan fingerprint density at radius 1 is 1.58 bits per heavy atom. The van der Waals surface area contributed by atoms with Gasteiger partial charge in [0.05, 0.1) is 0 Å². The molecule has 0 aromatic carbocycles. The SMILES string of the molecule is O=C(O)NCCC1=CCC=CC1. The topological polar surface area (TPSA) is 49.3 Å². The zero-order valence-corrected chi connectivity index (χ0v) is 6.92. The van der Waals surface area contributed by atoms with Gasteiger partial charge in [-0.3, -0.25) is 0 Å².